The number of likely N-dealkylation sites (tertiary alicyclic amines) is 1. The minimum absolute atomic E-state index is 0.0660. The molecule has 0 aromatic carbocycles. The van der Waals surface area contributed by atoms with Gasteiger partial charge in [0.25, 0.3) is 0 Å². The average molecular weight is 225 g/mol. The van der Waals surface area contributed by atoms with Crippen LogP contribution in [0.25, 0.3) is 0 Å². The van der Waals surface area contributed by atoms with Crippen LogP contribution in [0, 0.1) is 5.92 Å². The lowest BCUT2D eigenvalue weighted by atomic mass is 10.1. The van der Waals surface area contributed by atoms with Crippen LogP contribution in [0.15, 0.2) is 17.5 Å². The standard InChI is InChI=1S/C11H15NO2S/c1-14-11(13)9-4-5-12(7-9)8-10-3-2-6-15-10/h2-3,6,9H,4-5,7-8H2,1H3. The summed E-state index contributed by atoms with van der Waals surface area (Å²) >= 11 is 1.77. The van der Waals surface area contributed by atoms with E-state index in [0.29, 0.717) is 0 Å². The van der Waals surface area contributed by atoms with Crippen LogP contribution < -0.4 is 0 Å². The molecule has 1 saturated heterocycles. The fourth-order valence-corrected chi connectivity index (χ4v) is 2.70. The van der Waals surface area contributed by atoms with E-state index in [2.05, 4.69) is 22.4 Å². The van der Waals surface area contributed by atoms with Gasteiger partial charge in [-0.15, -0.1) is 11.3 Å². The Morgan fingerprint density at radius 1 is 1.73 bits per heavy atom. The van der Waals surface area contributed by atoms with Crippen molar-refractivity contribution in [2.45, 2.75) is 13.0 Å². The zero-order chi connectivity index (χ0) is 10.7. The van der Waals surface area contributed by atoms with Gasteiger partial charge in [0.15, 0.2) is 0 Å². The maximum atomic E-state index is 11.3. The van der Waals surface area contributed by atoms with E-state index in [1.807, 2.05) is 0 Å². The van der Waals surface area contributed by atoms with Crippen LogP contribution in [-0.2, 0) is 16.1 Å². The number of hydrogen-bond acceptors (Lipinski definition) is 4. The molecule has 1 aromatic rings. The van der Waals surface area contributed by atoms with Crippen LogP contribution in [0.2, 0.25) is 0 Å². The molecule has 15 heavy (non-hydrogen) atoms. The summed E-state index contributed by atoms with van der Waals surface area (Å²) < 4.78 is 4.75. The van der Waals surface area contributed by atoms with E-state index in [1.165, 1.54) is 12.0 Å². The summed E-state index contributed by atoms with van der Waals surface area (Å²) in [7, 11) is 1.46. The molecule has 0 spiro atoms. The van der Waals surface area contributed by atoms with Crippen LogP contribution in [-0.4, -0.2) is 31.1 Å². The number of rotatable bonds is 3. The first kappa shape index (κ1) is 10.6. The highest BCUT2D eigenvalue weighted by Crippen LogP contribution is 2.21. The third-order valence-corrected chi connectivity index (χ3v) is 3.63. The maximum absolute atomic E-state index is 11.3. The third kappa shape index (κ3) is 2.58. The van der Waals surface area contributed by atoms with Gasteiger partial charge < -0.3 is 4.74 Å². The molecule has 0 aliphatic carbocycles. The third-order valence-electron chi connectivity index (χ3n) is 2.77. The Kier molecular flexibility index (Phi) is 3.38. The van der Waals surface area contributed by atoms with E-state index in [-0.39, 0.29) is 11.9 Å². The molecule has 1 unspecified atom stereocenters. The number of ether oxygens (including phenoxy) is 1. The molecule has 1 aliphatic rings. The summed E-state index contributed by atoms with van der Waals surface area (Å²) in [5.41, 5.74) is 0. The van der Waals surface area contributed by atoms with Crippen molar-refractivity contribution in [1.82, 2.24) is 4.90 Å². The van der Waals surface area contributed by atoms with Gasteiger partial charge in [-0.2, -0.15) is 0 Å². The molecule has 4 heteroatoms. The summed E-state index contributed by atoms with van der Waals surface area (Å²) in [5.74, 6) is 0.0126. The zero-order valence-electron chi connectivity index (χ0n) is 8.81. The molecule has 0 bridgehead atoms. The van der Waals surface area contributed by atoms with Gasteiger partial charge in [0, 0.05) is 18.0 Å². The van der Waals surface area contributed by atoms with E-state index in [9.17, 15) is 4.79 Å². The number of esters is 1. The van der Waals surface area contributed by atoms with E-state index in [4.69, 9.17) is 4.74 Å². The Balaban J connectivity index is 1.85. The van der Waals surface area contributed by atoms with Crippen molar-refractivity contribution < 1.29 is 9.53 Å². The number of thiophene rings is 1. The van der Waals surface area contributed by atoms with Gasteiger partial charge >= 0.3 is 5.97 Å². The van der Waals surface area contributed by atoms with Crippen LogP contribution >= 0.6 is 11.3 Å². The van der Waals surface area contributed by atoms with Gasteiger partial charge in [-0.3, -0.25) is 9.69 Å². The maximum Gasteiger partial charge on any atom is 0.310 e. The highest BCUT2D eigenvalue weighted by atomic mass is 32.1. The van der Waals surface area contributed by atoms with Crippen LogP contribution in [0.5, 0.6) is 0 Å². The highest BCUT2D eigenvalue weighted by molar-refractivity contribution is 7.09. The minimum Gasteiger partial charge on any atom is -0.469 e. The Hall–Kier alpha value is -0.870. The molecule has 1 aromatic heterocycles. The second-order valence-electron chi connectivity index (χ2n) is 3.82. The van der Waals surface area contributed by atoms with Gasteiger partial charge in [-0.1, -0.05) is 6.07 Å². The second kappa shape index (κ2) is 4.77. The SMILES string of the molecule is COC(=O)C1CCN(Cc2cccs2)C1. The highest BCUT2D eigenvalue weighted by Gasteiger charge is 2.28. The van der Waals surface area contributed by atoms with Crippen molar-refractivity contribution in [3.05, 3.63) is 22.4 Å². The number of nitrogens with zero attached hydrogens (tertiary/aromatic N) is 1. The monoisotopic (exact) mass is 225 g/mol. The summed E-state index contributed by atoms with van der Waals surface area (Å²) in [6.07, 6.45) is 0.929. The van der Waals surface area contributed by atoms with Crippen LogP contribution in [0.3, 0.4) is 0 Å². The lowest BCUT2D eigenvalue weighted by Gasteiger charge is -2.13. The van der Waals surface area contributed by atoms with E-state index < -0.39 is 0 Å². The smallest absolute Gasteiger partial charge is 0.310 e. The summed E-state index contributed by atoms with van der Waals surface area (Å²) in [6, 6.07) is 4.20. The number of hydrogen-bond donors (Lipinski definition) is 0. The molecule has 0 N–H and O–H groups in total. The first-order valence-corrected chi connectivity index (χ1v) is 6.00. The molecule has 3 nitrogen and oxygen atoms in total. The van der Waals surface area contributed by atoms with Gasteiger partial charge in [0.05, 0.1) is 13.0 Å². The Bertz CT molecular complexity index is 323. The normalized spacial score (nSPS) is 21.8. The molecule has 1 atom stereocenters. The number of methoxy groups -OCH3 is 1. The summed E-state index contributed by atoms with van der Waals surface area (Å²) in [5, 5.41) is 2.09. The van der Waals surface area contributed by atoms with Crippen molar-refractivity contribution >= 4 is 17.3 Å². The average Bonchev–Trinajstić information content (AvgIpc) is 2.88. The number of carbonyl (C=O) groups excluding carboxylic acids is 1. The number of carbonyl (C=O) groups is 1. The fourth-order valence-electron chi connectivity index (χ4n) is 1.96. The molecule has 1 fully saturated rings. The topological polar surface area (TPSA) is 29.5 Å². The van der Waals surface area contributed by atoms with Gasteiger partial charge in [-0.05, 0) is 24.4 Å². The van der Waals surface area contributed by atoms with Crippen molar-refractivity contribution in [2.75, 3.05) is 20.2 Å². The first-order valence-electron chi connectivity index (χ1n) is 5.12. The van der Waals surface area contributed by atoms with Gasteiger partial charge in [-0.25, -0.2) is 0 Å². The fraction of sp³-hybridized carbons (Fsp3) is 0.545. The summed E-state index contributed by atoms with van der Waals surface area (Å²) in [6.45, 7) is 2.80. The largest absolute Gasteiger partial charge is 0.469 e. The predicted octanol–water partition coefficient (Wildman–Crippen LogP) is 1.74. The Morgan fingerprint density at radius 3 is 3.27 bits per heavy atom. The minimum atomic E-state index is -0.0660. The second-order valence-corrected chi connectivity index (χ2v) is 4.86. The van der Waals surface area contributed by atoms with Crippen LogP contribution in [0.4, 0.5) is 0 Å². The van der Waals surface area contributed by atoms with Crippen molar-refractivity contribution in [3.8, 4) is 0 Å². The quantitative estimate of drug-likeness (QED) is 0.734. The Labute approximate surface area is 93.7 Å². The molecule has 82 valence electrons. The molecule has 2 heterocycles. The van der Waals surface area contributed by atoms with Crippen molar-refractivity contribution in [1.29, 1.82) is 0 Å². The molecule has 0 saturated carbocycles. The molecule has 0 amide bonds. The van der Waals surface area contributed by atoms with Crippen molar-refractivity contribution in [3.63, 3.8) is 0 Å². The summed E-state index contributed by atoms with van der Waals surface area (Å²) in [4.78, 5) is 15.0. The van der Waals surface area contributed by atoms with E-state index in [0.717, 1.165) is 26.1 Å². The molecule has 0 radical (unpaired) electrons. The lowest BCUT2D eigenvalue weighted by Crippen LogP contribution is -2.23. The molecule has 1 aliphatic heterocycles. The Morgan fingerprint density at radius 2 is 2.60 bits per heavy atom. The van der Waals surface area contributed by atoms with Gasteiger partial charge in [0.2, 0.25) is 0 Å². The zero-order valence-corrected chi connectivity index (χ0v) is 9.63. The van der Waals surface area contributed by atoms with Gasteiger partial charge in [0.1, 0.15) is 0 Å². The van der Waals surface area contributed by atoms with Crippen molar-refractivity contribution in [2.24, 2.45) is 5.92 Å². The van der Waals surface area contributed by atoms with E-state index in [1.54, 1.807) is 11.3 Å². The van der Waals surface area contributed by atoms with E-state index >= 15 is 0 Å². The predicted molar refractivity (Wildman–Crippen MR) is 59.7 cm³/mol. The molecular formula is C11H15NO2S. The lowest BCUT2D eigenvalue weighted by molar-refractivity contribution is -0.144. The molecular weight excluding hydrogens is 210 g/mol. The first-order chi connectivity index (χ1) is 7.29. The van der Waals surface area contributed by atoms with Crippen LogP contribution in [0.1, 0.15) is 11.3 Å². The molecule has 2 rings (SSSR count).